The summed E-state index contributed by atoms with van der Waals surface area (Å²) in [6.07, 6.45) is 3.25. The lowest BCUT2D eigenvalue weighted by Gasteiger charge is -2.38. The Bertz CT molecular complexity index is 530. The zero-order valence-corrected chi connectivity index (χ0v) is 12.9. The molecule has 2 atom stereocenters. The van der Waals surface area contributed by atoms with Crippen LogP contribution in [0.2, 0.25) is 0 Å². The number of hydrogen-bond donors (Lipinski definition) is 1. The molecule has 3 rings (SSSR count). The van der Waals surface area contributed by atoms with Crippen LogP contribution in [0.3, 0.4) is 0 Å². The Kier molecular flexibility index (Phi) is 4.15. The summed E-state index contributed by atoms with van der Waals surface area (Å²) in [5.74, 6) is 0.144. The maximum Gasteiger partial charge on any atom is 0.254 e. The average Bonchev–Trinajstić information content (AvgIpc) is 2.53. The number of fused-ring (bicyclic) bond motifs is 1. The van der Waals surface area contributed by atoms with Gasteiger partial charge in [0.05, 0.1) is 18.8 Å². The van der Waals surface area contributed by atoms with Gasteiger partial charge in [-0.1, -0.05) is 6.92 Å². The molecule has 2 aliphatic rings. The molecule has 2 aliphatic heterocycles. The number of anilines is 1. The van der Waals surface area contributed by atoms with Crippen LogP contribution in [-0.2, 0) is 11.2 Å². The second kappa shape index (κ2) is 6.06. The number of aryl methyl sites for hydroxylation is 1. The van der Waals surface area contributed by atoms with Crippen LogP contribution in [0.4, 0.5) is 5.69 Å². The molecule has 0 radical (unpaired) electrons. The van der Waals surface area contributed by atoms with Gasteiger partial charge in [-0.2, -0.15) is 0 Å². The number of carbonyl (C=O) groups excluding carboxylic acids is 1. The molecule has 1 amide bonds. The molecule has 0 saturated carbocycles. The van der Waals surface area contributed by atoms with Gasteiger partial charge in [0.25, 0.3) is 5.91 Å². The molecule has 4 nitrogen and oxygen atoms in total. The van der Waals surface area contributed by atoms with E-state index in [1.165, 1.54) is 11.3 Å². The van der Waals surface area contributed by atoms with Crippen LogP contribution in [0.25, 0.3) is 0 Å². The Balaban J connectivity index is 1.83. The van der Waals surface area contributed by atoms with Crippen molar-refractivity contribution in [3.63, 3.8) is 0 Å². The topological polar surface area (TPSA) is 41.6 Å². The van der Waals surface area contributed by atoms with Crippen molar-refractivity contribution in [2.24, 2.45) is 0 Å². The largest absolute Gasteiger partial charge is 0.385 e. The van der Waals surface area contributed by atoms with Gasteiger partial charge < -0.3 is 15.0 Å². The fraction of sp³-hybridized carbons (Fsp3) is 0.588. The summed E-state index contributed by atoms with van der Waals surface area (Å²) in [4.78, 5) is 14.8. The second-order valence-corrected chi connectivity index (χ2v) is 6.07. The molecule has 1 saturated heterocycles. The molecule has 1 N–H and O–H groups in total. The van der Waals surface area contributed by atoms with E-state index in [9.17, 15) is 4.79 Å². The van der Waals surface area contributed by atoms with Gasteiger partial charge in [0, 0.05) is 24.3 Å². The normalized spacial score (nSPS) is 25.1. The van der Waals surface area contributed by atoms with Crippen molar-refractivity contribution in [2.75, 3.05) is 25.0 Å². The van der Waals surface area contributed by atoms with Crippen LogP contribution in [0.1, 0.15) is 42.6 Å². The van der Waals surface area contributed by atoms with Gasteiger partial charge >= 0.3 is 0 Å². The summed E-state index contributed by atoms with van der Waals surface area (Å²) >= 11 is 0. The molecule has 0 bridgehead atoms. The third-order valence-electron chi connectivity index (χ3n) is 4.49. The van der Waals surface area contributed by atoms with Crippen molar-refractivity contribution in [3.8, 4) is 0 Å². The standard InChI is InChI=1S/C17H24N2O2/c1-3-15-11-21-12(2)10-19(15)17(20)14-6-7-16-13(9-14)5-4-8-18-16/h6-7,9,12,15,18H,3-5,8,10-11H2,1-2H3. The van der Waals surface area contributed by atoms with Crippen LogP contribution in [-0.4, -0.2) is 42.6 Å². The van der Waals surface area contributed by atoms with Crippen molar-refractivity contribution in [1.82, 2.24) is 4.90 Å². The first-order valence-corrected chi connectivity index (χ1v) is 7.98. The summed E-state index contributed by atoms with van der Waals surface area (Å²) in [5, 5.41) is 3.39. The van der Waals surface area contributed by atoms with Crippen molar-refractivity contribution >= 4 is 11.6 Å². The molecule has 2 unspecified atom stereocenters. The first-order valence-electron chi connectivity index (χ1n) is 7.98. The summed E-state index contributed by atoms with van der Waals surface area (Å²) in [6.45, 7) is 6.51. The molecule has 0 aromatic heterocycles. The highest BCUT2D eigenvalue weighted by molar-refractivity contribution is 5.95. The minimum atomic E-state index is 0.121. The second-order valence-electron chi connectivity index (χ2n) is 6.07. The minimum Gasteiger partial charge on any atom is -0.385 e. The number of rotatable bonds is 2. The maximum atomic E-state index is 12.9. The molecular weight excluding hydrogens is 264 g/mol. The maximum absolute atomic E-state index is 12.9. The van der Waals surface area contributed by atoms with Crippen molar-refractivity contribution in [2.45, 2.75) is 45.3 Å². The number of benzene rings is 1. The fourth-order valence-corrected chi connectivity index (χ4v) is 3.20. The van der Waals surface area contributed by atoms with Crippen molar-refractivity contribution < 1.29 is 9.53 Å². The number of nitrogens with zero attached hydrogens (tertiary/aromatic N) is 1. The Morgan fingerprint density at radius 1 is 1.48 bits per heavy atom. The molecule has 21 heavy (non-hydrogen) atoms. The summed E-state index contributed by atoms with van der Waals surface area (Å²) in [6, 6.07) is 6.26. The third kappa shape index (κ3) is 2.91. The third-order valence-corrected chi connectivity index (χ3v) is 4.49. The fourth-order valence-electron chi connectivity index (χ4n) is 3.20. The van der Waals surface area contributed by atoms with Gasteiger partial charge in [-0.05, 0) is 49.9 Å². The molecule has 2 heterocycles. The highest BCUT2D eigenvalue weighted by Crippen LogP contribution is 2.25. The Labute approximate surface area is 126 Å². The summed E-state index contributed by atoms with van der Waals surface area (Å²) in [7, 11) is 0. The van der Waals surface area contributed by atoms with Gasteiger partial charge in [0.1, 0.15) is 0 Å². The van der Waals surface area contributed by atoms with E-state index < -0.39 is 0 Å². The molecule has 0 spiro atoms. The summed E-state index contributed by atoms with van der Waals surface area (Å²) < 4.78 is 5.68. The lowest BCUT2D eigenvalue weighted by molar-refractivity contribution is -0.0444. The molecule has 1 aromatic carbocycles. The van der Waals surface area contributed by atoms with Crippen LogP contribution in [0.5, 0.6) is 0 Å². The number of nitrogens with one attached hydrogen (secondary N) is 1. The van der Waals surface area contributed by atoms with Gasteiger partial charge in [0.15, 0.2) is 0 Å². The first kappa shape index (κ1) is 14.4. The highest BCUT2D eigenvalue weighted by atomic mass is 16.5. The monoisotopic (exact) mass is 288 g/mol. The Hall–Kier alpha value is -1.55. The van der Waals surface area contributed by atoms with Gasteiger partial charge in [-0.3, -0.25) is 4.79 Å². The molecular formula is C17H24N2O2. The average molecular weight is 288 g/mol. The molecule has 4 heteroatoms. The zero-order chi connectivity index (χ0) is 14.8. The lowest BCUT2D eigenvalue weighted by atomic mass is 9.99. The van der Waals surface area contributed by atoms with Crippen LogP contribution in [0, 0.1) is 0 Å². The lowest BCUT2D eigenvalue weighted by Crippen LogP contribution is -2.51. The van der Waals surface area contributed by atoms with E-state index in [1.807, 2.05) is 24.0 Å². The van der Waals surface area contributed by atoms with E-state index >= 15 is 0 Å². The quantitative estimate of drug-likeness (QED) is 0.909. The summed E-state index contributed by atoms with van der Waals surface area (Å²) in [5.41, 5.74) is 3.26. The zero-order valence-electron chi connectivity index (χ0n) is 12.9. The van der Waals surface area contributed by atoms with Crippen LogP contribution >= 0.6 is 0 Å². The highest BCUT2D eigenvalue weighted by Gasteiger charge is 2.30. The van der Waals surface area contributed by atoms with Crippen LogP contribution < -0.4 is 5.32 Å². The predicted octanol–water partition coefficient (Wildman–Crippen LogP) is 2.68. The molecule has 1 fully saturated rings. The Morgan fingerprint density at radius 2 is 2.33 bits per heavy atom. The smallest absolute Gasteiger partial charge is 0.254 e. The molecule has 114 valence electrons. The predicted molar refractivity (Wildman–Crippen MR) is 83.8 cm³/mol. The molecule has 0 aliphatic carbocycles. The SMILES string of the molecule is CCC1COC(C)CN1C(=O)c1ccc2c(c1)CCCN2. The number of morpholine rings is 1. The minimum absolute atomic E-state index is 0.121. The van der Waals surface area contributed by atoms with Gasteiger partial charge in [0.2, 0.25) is 0 Å². The van der Waals surface area contributed by atoms with Crippen molar-refractivity contribution in [3.05, 3.63) is 29.3 Å². The van der Waals surface area contributed by atoms with Crippen LogP contribution in [0.15, 0.2) is 18.2 Å². The van der Waals surface area contributed by atoms with E-state index in [0.29, 0.717) is 13.2 Å². The number of hydrogen-bond acceptors (Lipinski definition) is 3. The van der Waals surface area contributed by atoms with E-state index in [-0.39, 0.29) is 18.1 Å². The first-order chi connectivity index (χ1) is 10.2. The van der Waals surface area contributed by atoms with Gasteiger partial charge in [-0.25, -0.2) is 0 Å². The Morgan fingerprint density at radius 3 is 3.14 bits per heavy atom. The molecule has 1 aromatic rings. The van der Waals surface area contributed by atoms with Gasteiger partial charge in [-0.15, -0.1) is 0 Å². The number of carbonyl (C=O) groups is 1. The van der Waals surface area contributed by atoms with E-state index in [2.05, 4.69) is 18.3 Å². The van der Waals surface area contributed by atoms with E-state index in [0.717, 1.165) is 31.4 Å². The number of ether oxygens (including phenoxy) is 1. The number of amides is 1. The van der Waals surface area contributed by atoms with E-state index in [4.69, 9.17) is 4.74 Å². The van der Waals surface area contributed by atoms with E-state index in [1.54, 1.807) is 0 Å². The van der Waals surface area contributed by atoms with Crippen molar-refractivity contribution in [1.29, 1.82) is 0 Å².